The molecule has 0 aliphatic carbocycles. The molecule has 1 aromatic heterocycles. The minimum absolute atomic E-state index is 0.0489. The summed E-state index contributed by atoms with van der Waals surface area (Å²) in [4.78, 5) is 28.4. The van der Waals surface area contributed by atoms with Gasteiger partial charge in [-0.1, -0.05) is 25.2 Å². The highest BCUT2D eigenvalue weighted by Gasteiger charge is 2.14. The molecule has 0 radical (unpaired) electrons. The molecule has 0 aliphatic rings. The van der Waals surface area contributed by atoms with Crippen LogP contribution < -0.4 is 10.1 Å². The molecule has 0 saturated heterocycles. The van der Waals surface area contributed by atoms with Crippen LogP contribution in [0.3, 0.4) is 0 Å². The second-order valence-electron chi connectivity index (χ2n) is 5.67. The van der Waals surface area contributed by atoms with E-state index in [0.29, 0.717) is 33.8 Å². The Hall–Kier alpha value is -2.21. The van der Waals surface area contributed by atoms with E-state index in [2.05, 4.69) is 24.1 Å². The van der Waals surface area contributed by atoms with Gasteiger partial charge in [-0.3, -0.25) is 14.9 Å². The Bertz CT molecular complexity index is 705. The number of aromatic nitrogens is 1. The molecule has 1 N–H and O–H groups in total. The summed E-state index contributed by atoms with van der Waals surface area (Å²) in [6.45, 7) is 8.03. The maximum absolute atomic E-state index is 12.2. The molecule has 0 atom stereocenters. The molecule has 1 heterocycles. The fraction of sp³-hybridized carbons (Fsp3) is 0.353. The molecule has 2 aromatic rings. The molecular formula is C17H20N2O3S. The van der Waals surface area contributed by atoms with Crippen LogP contribution in [0.2, 0.25) is 0 Å². The predicted octanol–water partition coefficient (Wildman–Crippen LogP) is 3.94. The number of anilines is 1. The molecule has 1 aromatic carbocycles. The summed E-state index contributed by atoms with van der Waals surface area (Å²) in [6.07, 6.45) is 0. The average molecular weight is 332 g/mol. The number of rotatable bonds is 6. The van der Waals surface area contributed by atoms with Crippen molar-refractivity contribution in [2.75, 3.05) is 11.9 Å². The number of thiazole rings is 1. The summed E-state index contributed by atoms with van der Waals surface area (Å²) in [5.74, 6) is 0.872. The molecule has 122 valence electrons. The van der Waals surface area contributed by atoms with Gasteiger partial charge in [0.2, 0.25) is 0 Å². The maximum atomic E-state index is 12.2. The summed E-state index contributed by atoms with van der Waals surface area (Å²) in [5.41, 5.74) is 1.15. The molecule has 0 bridgehead atoms. The van der Waals surface area contributed by atoms with Crippen LogP contribution in [0.4, 0.5) is 5.13 Å². The summed E-state index contributed by atoms with van der Waals surface area (Å²) in [5, 5.41) is 3.15. The number of carbonyl (C=O) groups excluding carboxylic acids is 2. The Kier molecular flexibility index (Phi) is 5.50. The number of nitrogens with one attached hydrogen (secondary N) is 1. The van der Waals surface area contributed by atoms with Crippen LogP contribution >= 0.6 is 11.3 Å². The molecule has 0 fully saturated rings. The van der Waals surface area contributed by atoms with E-state index in [9.17, 15) is 9.59 Å². The van der Waals surface area contributed by atoms with Gasteiger partial charge in [0, 0.05) is 12.5 Å². The van der Waals surface area contributed by atoms with Crippen LogP contribution in [-0.2, 0) is 0 Å². The van der Waals surface area contributed by atoms with Crippen molar-refractivity contribution in [1.29, 1.82) is 0 Å². The number of ether oxygens (including phenoxy) is 1. The molecule has 0 saturated carbocycles. The van der Waals surface area contributed by atoms with Crippen LogP contribution in [0, 0.1) is 12.8 Å². The fourth-order valence-corrected chi connectivity index (χ4v) is 2.77. The zero-order valence-corrected chi connectivity index (χ0v) is 14.5. The van der Waals surface area contributed by atoms with Gasteiger partial charge in [-0.05, 0) is 37.1 Å². The Balaban J connectivity index is 2.03. The highest BCUT2D eigenvalue weighted by molar-refractivity contribution is 7.17. The van der Waals surface area contributed by atoms with E-state index in [1.807, 2.05) is 0 Å². The van der Waals surface area contributed by atoms with E-state index in [0.717, 1.165) is 5.75 Å². The highest BCUT2D eigenvalue weighted by Crippen LogP contribution is 2.23. The monoisotopic (exact) mass is 332 g/mol. The van der Waals surface area contributed by atoms with Crippen molar-refractivity contribution < 1.29 is 14.3 Å². The molecule has 0 unspecified atom stereocenters. The van der Waals surface area contributed by atoms with Gasteiger partial charge >= 0.3 is 0 Å². The van der Waals surface area contributed by atoms with Gasteiger partial charge < -0.3 is 4.74 Å². The van der Waals surface area contributed by atoms with Gasteiger partial charge in [-0.25, -0.2) is 4.98 Å². The zero-order valence-electron chi connectivity index (χ0n) is 13.7. The van der Waals surface area contributed by atoms with E-state index in [-0.39, 0.29) is 11.7 Å². The number of carbonyl (C=O) groups is 2. The van der Waals surface area contributed by atoms with Crippen LogP contribution in [-0.4, -0.2) is 23.3 Å². The fourth-order valence-electron chi connectivity index (χ4n) is 1.91. The lowest BCUT2D eigenvalue weighted by Gasteiger charge is -2.09. The van der Waals surface area contributed by atoms with Gasteiger partial charge in [0.15, 0.2) is 10.9 Å². The highest BCUT2D eigenvalue weighted by atomic mass is 32.1. The molecule has 5 nitrogen and oxygen atoms in total. The summed E-state index contributed by atoms with van der Waals surface area (Å²) in [7, 11) is 0. The number of aryl methyl sites for hydroxylation is 1. The number of nitrogens with zero attached hydrogens (tertiary/aromatic N) is 1. The zero-order chi connectivity index (χ0) is 17.0. The second-order valence-corrected chi connectivity index (χ2v) is 6.67. The number of Topliss-reactive ketones (excluding diaryl/α,β-unsaturated/α-hetero) is 1. The molecule has 1 amide bonds. The van der Waals surface area contributed by atoms with E-state index < -0.39 is 0 Å². The number of hydrogen-bond acceptors (Lipinski definition) is 5. The Morgan fingerprint density at radius 3 is 2.43 bits per heavy atom. The number of hydrogen-bond donors (Lipinski definition) is 1. The molecule has 0 aliphatic heterocycles. The minimum atomic E-state index is -0.260. The van der Waals surface area contributed by atoms with Crippen molar-refractivity contribution in [2.24, 2.45) is 5.92 Å². The van der Waals surface area contributed by atoms with Gasteiger partial charge in [0.05, 0.1) is 17.2 Å². The van der Waals surface area contributed by atoms with Crippen LogP contribution in [0.1, 0.15) is 46.5 Å². The largest absolute Gasteiger partial charge is 0.493 e. The normalized spacial score (nSPS) is 10.7. The lowest BCUT2D eigenvalue weighted by atomic mass is 10.2. The van der Waals surface area contributed by atoms with Crippen molar-refractivity contribution in [3.05, 3.63) is 40.4 Å². The molecule has 23 heavy (non-hydrogen) atoms. The SMILES string of the molecule is CC(=O)c1sc(NC(=O)c2ccc(OCC(C)C)cc2)nc1C. The van der Waals surface area contributed by atoms with Crippen molar-refractivity contribution in [3.8, 4) is 5.75 Å². The molecular weight excluding hydrogens is 312 g/mol. The second kappa shape index (κ2) is 7.37. The van der Waals surface area contributed by atoms with Crippen molar-refractivity contribution in [2.45, 2.75) is 27.7 Å². The third-order valence-corrected chi connectivity index (χ3v) is 4.21. The van der Waals surface area contributed by atoms with Crippen LogP contribution in [0.5, 0.6) is 5.75 Å². The van der Waals surface area contributed by atoms with E-state index in [1.54, 1.807) is 31.2 Å². The lowest BCUT2D eigenvalue weighted by molar-refractivity contribution is 0.101. The quantitative estimate of drug-likeness (QED) is 0.814. The lowest BCUT2D eigenvalue weighted by Crippen LogP contribution is -2.11. The third kappa shape index (κ3) is 4.63. The van der Waals surface area contributed by atoms with Crippen LogP contribution in [0.15, 0.2) is 24.3 Å². The standard InChI is InChI=1S/C17H20N2O3S/c1-10(2)9-22-14-7-5-13(6-8-14)16(21)19-17-18-11(3)15(23-17)12(4)20/h5-8,10H,9H2,1-4H3,(H,18,19,21). The van der Waals surface area contributed by atoms with Gasteiger partial charge in [-0.15, -0.1) is 0 Å². The molecule has 6 heteroatoms. The number of ketones is 1. The van der Waals surface area contributed by atoms with Crippen molar-refractivity contribution >= 4 is 28.2 Å². The first-order valence-electron chi connectivity index (χ1n) is 7.39. The van der Waals surface area contributed by atoms with E-state index >= 15 is 0 Å². The van der Waals surface area contributed by atoms with Crippen molar-refractivity contribution in [3.63, 3.8) is 0 Å². The molecule has 0 spiro atoms. The number of benzene rings is 1. The average Bonchev–Trinajstić information content (AvgIpc) is 2.86. The first-order valence-corrected chi connectivity index (χ1v) is 8.21. The maximum Gasteiger partial charge on any atom is 0.257 e. The summed E-state index contributed by atoms with van der Waals surface area (Å²) < 4.78 is 5.59. The van der Waals surface area contributed by atoms with Gasteiger partial charge in [0.25, 0.3) is 5.91 Å². The minimum Gasteiger partial charge on any atom is -0.493 e. The first kappa shape index (κ1) is 17.1. The topological polar surface area (TPSA) is 68.3 Å². The number of amides is 1. The summed E-state index contributed by atoms with van der Waals surface area (Å²) >= 11 is 1.19. The smallest absolute Gasteiger partial charge is 0.257 e. The first-order chi connectivity index (χ1) is 10.9. The Morgan fingerprint density at radius 2 is 1.91 bits per heavy atom. The Morgan fingerprint density at radius 1 is 1.26 bits per heavy atom. The van der Waals surface area contributed by atoms with Gasteiger partial charge in [-0.2, -0.15) is 0 Å². The predicted molar refractivity (Wildman–Crippen MR) is 91.6 cm³/mol. The van der Waals surface area contributed by atoms with E-state index in [1.165, 1.54) is 18.3 Å². The van der Waals surface area contributed by atoms with Crippen LogP contribution in [0.25, 0.3) is 0 Å². The summed E-state index contributed by atoms with van der Waals surface area (Å²) in [6, 6.07) is 6.95. The van der Waals surface area contributed by atoms with E-state index in [4.69, 9.17) is 4.74 Å². The van der Waals surface area contributed by atoms with Crippen molar-refractivity contribution in [1.82, 2.24) is 4.98 Å². The molecule has 2 rings (SSSR count). The Labute approximate surface area is 139 Å². The third-order valence-electron chi connectivity index (χ3n) is 3.04. The van der Waals surface area contributed by atoms with Gasteiger partial charge in [0.1, 0.15) is 5.75 Å².